The van der Waals surface area contributed by atoms with Gasteiger partial charge in [0.25, 0.3) is 5.91 Å². The molecule has 1 fully saturated rings. The molecule has 3 rings (SSSR count). The number of furan rings is 1. The lowest BCUT2D eigenvalue weighted by Gasteiger charge is -2.31. The smallest absolute Gasteiger partial charge is 0.260 e. The van der Waals surface area contributed by atoms with Gasteiger partial charge < -0.3 is 15.5 Å². The fourth-order valence-electron chi connectivity index (χ4n) is 3.33. The van der Waals surface area contributed by atoms with Crippen LogP contribution in [-0.4, -0.2) is 29.4 Å². The van der Waals surface area contributed by atoms with E-state index < -0.39 is 0 Å². The molecule has 26 heavy (non-hydrogen) atoms. The summed E-state index contributed by atoms with van der Waals surface area (Å²) in [7, 11) is 0. The van der Waals surface area contributed by atoms with E-state index in [-0.39, 0.29) is 24.3 Å². The number of aromatic nitrogens is 1. The van der Waals surface area contributed by atoms with Crippen LogP contribution in [-0.2, 0) is 11.2 Å². The molecule has 2 heterocycles. The maximum absolute atomic E-state index is 12.3. The van der Waals surface area contributed by atoms with Crippen LogP contribution in [0, 0.1) is 12.8 Å². The zero-order chi connectivity index (χ0) is 18.5. The maximum Gasteiger partial charge on any atom is 0.260 e. The van der Waals surface area contributed by atoms with Crippen molar-refractivity contribution < 1.29 is 14.0 Å². The van der Waals surface area contributed by atoms with Gasteiger partial charge in [0.2, 0.25) is 5.91 Å². The van der Waals surface area contributed by atoms with E-state index in [1.807, 2.05) is 0 Å². The lowest BCUT2D eigenvalue weighted by Crippen LogP contribution is -2.45. The molecule has 0 bridgehead atoms. The molecule has 1 aliphatic rings. The van der Waals surface area contributed by atoms with E-state index in [1.54, 1.807) is 18.4 Å². The predicted molar refractivity (Wildman–Crippen MR) is 100 cm³/mol. The third kappa shape index (κ3) is 4.50. The van der Waals surface area contributed by atoms with Crippen molar-refractivity contribution in [2.24, 2.45) is 11.7 Å². The second-order valence-corrected chi connectivity index (χ2v) is 7.48. The average molecular weight is 376 g/mol. The van der Waals surface area contributed by atoms with Crippen LogP contribution in [0.1, 0.15) is 47.5 Å². The fourth-order valence-corrected chi connectivity index (χ4v) is 4.04. The Hall–Kier alpha value is -2.19. The second-order valence-electron chi connectivity index (χ2n) is 6.62. The third-order valence-electron chi connectivity index (χ3n) is 4.78. The zero-order valence-electron chi connectivity index (χ0n) is 14.8. The average Bonchev–Trinajstić information content (AvgIpc) is 3.24. The van der Waals surface area contributed by atoms with Gasteiger partial charge in [0, 0.05) is 11.4 Å². The van der Waals surface area contributed by atoms with Gasteiger partial charge in [-0.2, -0.15) is 0 Å². The molecule has 0 aliphatic heterocycles. The molecule has 2 atom stereocenters. The van der Waals surface area contributed by atoms with Gasteiger partial charge in [0.05, 0.1) is 23.9 Å². The van der Waals surface area contributed by atoms with Crippen molar-refractivity contribution in [3.05, 3.63) is 34.7 Å². The van der Waals surface area contributed by atoms with E-state index in [1.165, 1.54) is 24.0 Å². The molecule has 1 saturated carbocycles. The van der Waals surface area contributed by atoms with Crippen molar-refractivity contribution in [3.63, 3.8) is 0 Å². The summed E-state index contributed by atoms with van der Waals surface area (Å²) in [6.45, 7) is 2.33. The first kappa shape index (κ1) is 18.6. The minimum Gasteiger partial charge on any atom is -0.469 e. The number of carbonyl (C=O) groups is 2. The minimum absolute atomic E-state index is 0.0517. The van der Waals surface area contributed by atoms with Gasteiger partial charge in [0.15, 0.2) is 5.13 Å². The molecule has 4 N–H and O–H groups in total. The van der Waals surface area contributed by atoms with Crippen molar-refractivity contribution in [1.82, 2.24) is 10.3 Å². The van der Waals surface area contributed by atoms with E-state index in [0.29, 0.717) is 34.6 Å². The lowest BCUT2D eigenvalue weighted by atomic mass is 9.84. The number of anilines is 1. The SMILES string of the molecule is Cc1occc1C(=O)Nc1nc(CC(=O)NC2CCCCC2CN)cs1. The number of carbonyl (C=O) groups excluding carboxylic acids is 2. The molecule has 140 valence electrons. The number of hydrogen-bond acceptors (Lipinski definition) is 6. The normalized spacial score (nSPS) is 19.9. The molecule has 2 unspecified atom stereocenters. The van der Waals surface area contributed by atoms with Crippen molar-refractivity contribution in [3.8, 4) is 0 Å². The molecular weight excluding hydrogens is 352 g/mol. The quantitative estimate of drug-likeness (QED) is 0.717. The number of nitrogens with two attached hydrogens (primary N) is 1. The molecule has 2 aromatic rings. The Morgan fingerprint density at radius 2 is 2.19 bits per heavy atom. The standard InChI is InChI=1S/C18H24N4O3S/c1-11-14(6-7-25-11)17(24)22-18-20-13(10-26-18)8-16(23)21-15-5-3-2-4-12(15)9-19/h6-7,10,12,15H,2-5,8-9,19H2,1H3,(H,21,23)(H,20,22,24). The van der Waals surface area contributed by atoms with Gasteiger partial charge in [-0.15, -0.1) is 11.3 Å². The first-order valence-corrected chi connectivity index (χ1v) is 9.74. The summed E-state index contributed by atoms with van der Waals surface area (Å²) < 4.78 is 5.13. The molecule has 0 saturated heterocycles. The van der Waals surface area contributed by atoms with Crippen molar-refractivity contribution in [2.75, 3.05) is 11.9 Å². The topological polar surface area (TPSA) is 110 Å². The monoisotopic (exact) mass is 376 g/mol. The van der Waals surface area contributed by atoms with E-state index in [4.69, 9.17) is 10.2 Å². The lowest BCUT2D eigenvalue weighted by molar-refractivity contribution is -0.121. The van der Waals surface area contributed by atoms with Crippen LogP contribution in [0.15, 0.2) is 22.1 Å². The first-order chi connectivity index (χ1) is 12.6. The minimum atomic E-state index is -0.269. The van der Waals surface area contributed by atoms with Gasteiger partial charge in [-0.1, -0.05) is 12.8 Å². The number of nitrogens with zero attached hydrogens (tertiary/aromatic N) is 1. The molecule has 0 spiro atoms. The molecule has 7 nitrogen and oxygen atoms in total. The van der Waals surface area contributed by atoms with Crippen LogP contribution in [0.4, 0.5) is 5.13 Å². The number of hydrogen-bond donors (Lipinski definition) is 3. The first-order valence-electron chi connectivity index (χ1n) is 8.86. The van der Waals surface area contributed by atoms with Crippen LogP contribution in [0.5, 0.6) is 0 Å². The third-order valence-corrected chi connectivity index (χ3v) is 5.58. The number of aryl methyl sites for hydroxylation is 1. The number of amides is 2. The highest BCUT2D eigenvalue weighted by Crippen LogP contribution is 2.24. The molecule has 8 heteroatoms. The summed E-state index contributed by atoms with van der Waals surface area (Å²) >= 11 is 1.30. The Morgan fingerprint density at radius 1 is 1.38 bits per heavy atom. The second kappa shape index (κ2) is 8.46. The Kier molecular flexibility index (Phi) is 6.05. The van der Waals surface area contributed by atoms with Gasteiger partial charge >= 0.3 is 0 Å². The van der Waals surface area contributed by atoms with Crippen LogP contribution in [0.25, 0.3) is 0 Å². The van der Waals surface area contributed by atoms with Gasteiger partial charge in [-0.25, -0.2) is 4.98 Å². The van der Waals surface area contributed by atoms with Gasteiger partial charge in [-0.3, -0.25) is 14.9 Å². The highest BCUT2D eigenvalue weighted by Gasteiger charge is 2.25. The summed E-state index contributed by atoms with van der Waals surface area (Å²) in [5.74, 6) is 0.593. The Morgan fingerprint density at radius 3 is 2.92 bits per heavy atom. The van der Waals surface area contributed by atoms with Crippen LogP contribution >= 0.6 is 11.3 Å². The van der Waals surface area contributed by atoms with Crippen molar-refractivity contribution in [2.45, 2.75) is 45.1 Å². The largest absolute Gasteiger partial charge is 0.469 e. The van der Waals surface area contributed by atoms with E-state index in [2.05, 4.69) is 15.6 Å². The molecule has 2 aromatic heterocycles. The number of rotatable bonds is 6. The summed E-state index contributed by atoms with van der Waals surface area (Å²) in [5, 5.41) is 8.09. The zero-order valence-corrected chi connectivity index (χ0v) is 15.6. The molecule has 1 aliphatic carbocycles. The highest BCUT2D eigenvalue weighted by molar-refractivity contribution is 7.14. The van der Waals surface area contributed by atoms with Crippen LogP contribution in [0.2, 0.25) is 0 Å². The fraction of sp³-hybridized carbons (Fsp3) is 0.500. The maximum atomic E-state index is 12.3. The number of nitrogens with one attached hydrogen (secondary N) is 2. The Balaban J connectivity index is 1.54. The Bertz CT molecular complexity index is 770. The van der Waals surface area contributed by atoms with Crippen molar-refractivity contribution >= 4 is 28.3 Å². The molecular formula is C18H24N4O3S. The Labute approximate surface area is 156 Å². The predicted octanol–water partition coefficient (Wildman–Crippen LogP) is 2.47. The van der Waals surface area contributed by atoms with Gasteiger partial charge in [-0.05, 0) is 38.3 Å². The van der Waals surface area contributed by atoms with Gasteiger partial charge in [0.1, 0.15) is 5.76 Å². The van der Waals surface area contributed by atoms with E-state index in [9.17, 15) is 9.59 Å². The summed E-state index contributed by atoms with van der Waals surface area (Å²) in [4.78, 5) is 28.8. The molecule has 2 amide bonds. The van der Waals surface area contributed by atoms with E-state index in [0.717, 1.165) is 19.3 Å². The van der Waals surface area contributed by atoms with E-state index >= 15 is 0 Å². The summed E-state index contributed by atoms with van der Waals surface area (Å²) in [6.07, 6.45) is 6.03. The highest BCUT2D eigenvalue weighted by atomic mass is 32.1. The molecule has 0 radical (unpaired) electrons. The summed E-state index contributed by atoms with van der Waals surface area (Å²) in [6, 6.07) is 1.77. The van der Waals surface area contributed by atoms with Crippen LogP contribution < -0.4 is 16.4 Å². The summed E-state index contributed by atoms with van der Waals surface area (Å²) in [5.41, 5.74) is 6.94. The van der Waals surface area contributed by atoms with Crippen LogP contribution in [0.3, 0.4) is 0 Å². The van der Waals surface area contributed by atoms with Crippen molar-refractivity contribution in [1.29, 1.82) is 0 Å². The number of thiazole rings is 1. The molecule has 0 aromatic carbocycles.